The third-order valence-electron chi connectivity index (χ3n) is 5.92. The van der Waals surface area contributed by atoms with Gasteiger partial charge in [-0.1, -0.05) is 0 Å². The molecular formula is C20H38F3IN6O. The maximum atomic E-state index is 12.9. The first kappa shape index (κ1) is 28.2. The lowest BCUT2D eigenvalue weighted by Gasteiger charge is -2.39. The van der Waals surface area contributed by atoms with Crippen LogP contribution in [0.3, 0.4) is 0 Å². The van der Waals surface area contributed by atoms with E-state index in [1.54, 1.807) is 19.0 Å². The molecule has 2 atom stereocenters. The molecule has 2 heterocycles. The van der Waals surface area contributed by atoms with Crippen LogP contribution < -0.4 is 5.32 Å². The molecule has 1 N–H and O–H groups in total. The highest BCUT2D eigenvalue weighted by atomic mass is 127. The van der Waals surface area contributed by atoms with Crippen LogP contribution in [0.25, 0.3) is 0 Å². The molecule has 2 unspecified atom stereocenters. The molecular weight excluding hydrogens is 524 g/mol. The van der Waals surface area contributed by atoms with Crippen molar-refractivity contribution in [1.29, 1.82) is 0 Å². The Morgan fingerprint density at radius 1 is 1.19 bits per heavy atom. The number of carbonyl (C=O) groups excluding carboxylic acids is 1. The van der Waals surface area contributed by atoms with Gasteiger partial charge in [0.1, 0.15) is 6.04 Å². The van der Waals surface area contributed by atoms with Crippen molar-refractivity contribution >= 4 is 35.8 Å². The van der Waals surface area contributed by atoms with Crippen LogP contribution in [0.5, 0.6) is 0 Å². The van der Waals surface area contributed by atoms with Crippen molar-refractivity contribution in [1.82, 2.24) is 24.9 Å². The number of piperazine rings is 1. The number of nitrogens with zero attached hydrogens (tertiary/aromatic N) is 5. The fourth-order valence-corrected chi connectivity index (χ4v) is 4.08. The number of rotatable bonds is 7. The first-order valence-electron chi connectivity index (χ1n) is 10.9. The minimum Gasteiger partial charge on any atom is -0.357 e. The summed E-state index contributed by atoms with van der Waals surface area (Å²) in [6.45, 7) is 8.10. The van der Waals surface area contributed by atoms with Crippen LogP contribution in [-0.2, 0) is 4.79 Å². The number of aliphatic imine (C=N–C) groups is 1. The van der Waals surface area contributed by atoms with Gasteiger partial charge in [-0.2, -0.15) is 13.2 Å². The van der Waals surface area contributed by atoms with Crippen LogP contribution in [0.1, 0.15) is 33.1 Å². The lowest BCUT2D eigenvalue weighted by molar-refractivity contribution is -0.181. The average molecular weight is 562 g/mol. The summed E-state index contributed by atoms with van der Waals surface area (Å²) in [6.07, 6.45) is -1.40. The second-order valence-corrected chi connectivity index (χ2v) is 8.26. The Hall–Kier alpha value is -0.820. The van der Waals surface area contributed by atoms with E-state index in [2.05, 4.69) is 10.2 Å². The summed E-state index contributed by atoms with van der Waals surface area (Å²) in [6, 6.07) is -1.45. The third-order valence-corrected chi connectivity index (χ3v) is 5.92. The van der Waals surface area contributed by atoms with Gasteiger partial charge in [-0.3, -0.25) is 19.6 Å². The highest BCUT2D eigenvalue weighted by Gasteiger charge is 2.41. The van der Waals surface area contributed by atoms with E-state index in [-0.39, 0.29) is 35.9 Å². The van der Waals surface area contributed by atoms with E-state index in [0.717, 1.165) is 38.3 Å². The second-order valence-electron chi connectivity index (χ2n) is 8.26. The molecule has 0 saturated carbocycles. The minimum absolute atomic E-state index is 0. The third kappa shape index (κ3) is 8.23. The number of likely N-dealkylation sites (tertiary alicyclic amines) is 1. The van der Waals surface area contributed by atoms with Gasteiger partial charge in [-0.25, -0.2) is 0 Å². The standard InChI is InChI=1S/C20H37F3N6O.HI/c1-5-24-19(29-14-12-27(13-15-29)16(2)20(21,22)23)25-9-7-11-28-10-6-8-17(28)18(30)26(3)4;/h16-17H,5-15H2,1-4H3,(H,24,25);1H. The lowest BCUT2D eigenvalue weighted by Crippen LogP contribution is -2.56. The fourth-order valence-electron chi connectivity index (χ4n) is 4.08. The first-order chi connectivity index (χ1) is 14.1. The number of alkyl halides is 3. The highest BCUT2D eigenvalue weighted by Crippen LogP contribution is 2.25. The molecule has 1 amide bonds. The minimum atomic E-state index is -4.19. The highest BCUT2D eigenvalue weighted by molar-refractivity contribution is 14.0. The number of guanidine groups is 1. The Morgan fingerprint density at radius 3 is 2.39 bits per heavy atom. The van der Waals surface area contributed by atoms with Crippen molar-refractivity contribution in [3.05, 3.63) is 0 Å². The molecule has 182 valence electrons. The number of carbonyl (C=O) groups is 1. The van der Waals surface area contributed by atoms with Crippen LogP contribution in [0.15, 0.2) is 4.99 Å². The van der Waals surface area contributed by atoms with E-state index in [4.69, 9.17) is 4.99 Å². The molecule has 2 rings (SSSR count). The van der Waals surface area contributed by atoms with Gasteiger partial charge in [0.15, 0.2) is 5.96 Å². The van der Waals surface area contributed by atoms with Crippen molar-refractivity contribution in [2.24, 2.45) is 4.99 Å². The molecule has 2 aliphatic heterocycles. The number of hydrogen-bond acceptors (Lipinski definition) is 4. The van der Waals surface area contributed by atoms with Crippen LogP contribution in [-0.4, -0.2) is 116 Å². The predicted molar refractivity (Wildman–Crippen MR) is 128 cm³/mol. The van der Waals surface area contributed by atoms with E-state index in [1.165, 1.54) is 11.8 Å². The normalized spacial score (nSPS) is 22.2. The number of likely N-dealkylation sites (N-methyl/N-ethyl adjacent to an activating group) is 1. The van der Waals surface area contributed by atoms with E-state index >= 15 is 0 Å². The van der Waals surface area contributed by atoms with E-state index in [0.29, 0.717) is 39.3 Å². The molecule has 31 heavy (non-hydrogen) atoms. The van der Waals surface area contributed by atoms with Crippen LogP contribution in [0.2, 0.25) is 0 Å². The molecule has 0 aromatic heterocycles. The van der Waals surface area contributed by atoms with Crippen molar-refractivity contribution < 1.29 is 18.0 Å². The lowest BCUT2D eigenvalue weighted by atomic mass is 10.2. The Bertz CT molecular complexity index is 582. The van der Waals surface area contributed by atoms with Gasteiger partial charge < -0.3 is 15.1 Å². The first-order valence-corrected chi connectivity index (χ1v) is 10.9. The second kappa shape index (κ2) is 13.0. The molecule has 11 heteroatoms. The number of nitrogens with one attached hydrogen (secondary N) is 1. The van der Waals surface area contributed by atoms with Crippen LogP contribution in [0, 0.1) is 0 Å². The van der Waals surface area contributed by atoms with Gasteiger partial charge >= 0.3 is 6.18 Å². The van der Waals surface area contributed by atoms with Crippen molar-refractivity contribution in [3.63, 3.8) is 0 Å². The summed E-state index contributed by atoms with van der Waals surface area (Å²) < 4.78 is 38.8. The molecule has 2 fully saturated rings. The Labute approximate surface area is 201 Å². The largest absolute Gasteiger partial charge is 0.403 e. The number of halogens is 4. The SMILES string of the molecule is CCNC(=NCCCN1CCCC1C(=O)N(C)C)N1CCN(C(C)C(F)(F)F)CC1.I. The molecule has 0 radical (unpaired) electrons. The summed E-state index contributed by atoms with van der Waals surface area (Å²) in [4.78, 5) is 24.4. The van der Waals surface area contributed by atoms with E-state index < -0.39 is 12.2 Å². The average Bonchev–Trinajstić information content (AvgIpc) is 3.17. The van der Waals surface area contributed by atoms with E-state index in [9.17, 15) is 18.0 Å². The molecule has 7 nitrogen and oxygen atoms in total. The van der Waals surface area contributed by atoms with Gasteiger partial charge in [-0.05, 0) is 39.7 Å². The van der Waals surface area contributed by atoms with Gasteiger partial charge in [0, 0.05) is 59.9 Å². The van der Waals surface area contributed by atoms with Crippen molar-refractivity contribution in [2.45, 2.75) is 51.4 Å². The molecule has 2 saturated heterocycles. The zero-order valence-corrected chi connectivity index (χ0v) is 21.4. The molecule has 0 aliphatic carbocycles. The van der Waals surface area contributed by atoms with Crippen LogP contribution >= 0.6 is 24.0 Å². The zero-order chi connectivity index (χ0) is 22.3. The monoisotopic (exact) mass is 562 g/mol. The summed E-state index contributed by atoms with van der Waals surface area (Å²) in [5.41, 5.74) is 0. The molecule has 0 spiro atoms. The quantitative estimate of drug-likeness (QED) is 0.223. The number of hydrogen-bond donors (Lipinski definition) is 1. The fraction of sp³-hybridized carbons (Fsp3) is 0.900. The summed E-state index contributed by atoms with van der Waals surface area (Å²) in [5.74, 6) is 0.925. The Morgan fingerprint density at radius 2 is 1.84 bits per heavy atom. The Kier molecular flexibility index (Phi) is 11.9. The van der Waals surface area contributed by atoms with Gasteiger partial charge in [0.25, 0.3) is 0 Å². The summed E-state index contributed by atoms with van der Waals surface area (Å²) in [5, 5.41) is 3.26. The van der Waals surface area contributed by atoms with Gasteiger partial charge in [0.2, 0.25) is 5.91 Å². The number of amides is 1. The van der Waals surface area contributed by atoms with Gasteiger partial charge in [0.05, 0.1) is 6.04 Å². The Balaban J connectivity index is 0.00000480. The topological polar surface area (TPSA) is 54.4 Å². The molecule has 2 aliphatic rings. The smallest absolute Gasteiger partial charge is 0.357 e. The molecule has 0 bridgehead atoms. The summed E-state index contributed by atoms with van der Waals surface area (Å²) >= 11 is 0. The van der Waals surface area contributed by atoms with Crippen molar-refractivity contribution in [3.8, 4) is 0 Å². The maximum absolute atomic E-state index is 12.9. The van der Waals surface area contributed by atoms with Gasteiger partial charge in [-0.15, -0.1) is 24.0 Å². The van der Waals surface area contributed by atoms with Crippen molar-refractivity contribution in [2.75, 3.05) is 66.5 Å². The predicted octanol–water partition coefficient (Wildman–Crippen LogP) is 2.08. The summed E-state index contributed by atoms with van der Waals surface area (Å²) in [7, 11) is 3.59. The van der Waals surface area contributed by atoms with Crippen LogP contribution in [0.4, 0.5) is 13.2 Å². The van der Waals surface area contributed by atoms with E-state index in [1.807, 2.05) is 11.8 Å². The maximum Gasteiger partial charge on any atom is 0.403 e. The zero-order valence-electron chi connectivity index (χ0n) is 19.1. The molecule has 0 aromatic carbocycles. The molecule has 0 aromatic rings.